The highest BCUT2D eigenvalue weighted by molar-refractivity contribution is 4.96. The standard InChI is InChI=1S/C17H30N4O2/c1-13(2)16-18-17(23-19-16)14(3)21-9-7-20(8-10-21)12-15-6-4-5-11-22-15/h13-15H,4-12H2,1-3H3/t14-,15+/m0/s1. The molecule has 2 aliphatic heterocycles. The molecule has 2 atom stereocenters. The summed E-state index contributed by atoms with van der Waals surface area (Å²) < 4.78 is 11.3. The molecule has 1 aromatic rings. The molecule has 6 heteroatoms. The lowest BCUT2D eigenvalue weighted by Crippen LogP contribution is -2.49. The maximum atomic E-state index is 5.86. The zero-order valence-corrected chi connectivity index (χ0v) is 14.7. The van der Waals surface area contributed by atoms with Crippen molar-refractivity contribution in [3.8, 4) is 0 Å². The Balaban J connectivity index is 1.47. The second kappa shape index (κ2) is 7.73. The monoisotopic (exact) mass is 322 g/mol. The van der Waals surface area contributed by atoms with Gasteiger partial charge >= 0.3 is 0 Å². The van der Waals surface area contributed by atoms with Gasteiger partial charge < -0.3 is 9.26 Å². The number of ether oxygens (including phenoxy) is 1. The zero-order valence-electron chi connectivity index (χ0n) is 14.7. The average Bonchev–Trinajstić information content (AvgIpc) is 3.06. The van der Waals surface area contributed by atoms with Crippen molar-refractivity contribution in [2.24, 2.45) is 0 Å². The molecule has 0 radical (unpaired) electrons. The van der Waals surface area contributed by atoms with E-state index >= 15 is 0 Å². The van der Waals surface area contributed by atoms with Crippen LogP contribution >= 0.6 is 0 Å². The SMILES string of the molecule is CC(C)c1noc([C@H](C)N2CCN(C[C@H]3CCCCO3)CC2)n1. The van der Waals surface area contributed by atoms with Crippen molar-refractivity contribution >= 4 is 0 Å². The van der Waals surface area contributed by atoms with Crippen LogP contribution < -0.4 is 0 Å². The van der Waals surface area contributed by atoms with E-state index in [1.807, 2.05) is 0 Å². The van der Waals surface area contributed by atoms with Crippen LogP contribution in [0.5, 0.6) is 0 Å². The van der Waals surface area contributed by atoms with Crippen molar-refractivity contribution in [3.05, 3.63) is 11.7 Å². The third-order valence-electron chi connectivity index (χ3n) is 5.02. The van der Waals surface area contributed by atoms with Crippen LogP contribution in [0, 0.1) is 0 Å². The van der Waals surface area contributed by atoms with E-state index in [0.717, 1.165) is 51.0 Å². The molecule has 1 aromatic heterocycles. The van der Waals surface area contributed by atoms with Crippen LogP contribution in [0.25, 0.3) is 0 Å². The number of nitrogens with zero attached hydrogens (tertiary/aromatic N) is 4. The van der Waals surface area contributed by atoms with E-state index in [2.05, 4.69) is 40.7 Å². The van der Waals surface area contributed by atoms with E-state index in [4.69, 9.17) is 9.26 Å². The van der Waals surface area contributed by atoms with E-state index in [9.17, 15) is 0 Å². The Bertz CT molecular complexity index is 477. The van der Waals surface area contributed by atoms with Gasteiger partial charge in [0.05, 0.1) is 12.1 Å². The minimum Gasteiger partial charge on any atom is -0.377 e. The molecule has 0 unspecified atom stereocenters. The van der Waals surface area contributed by atoms with Crippen molar-refractivity contribution in [2.75, 3.05) is 39.3 Å². The number of hydrogen-bond donors (Lipinski definition) is 0. The summed E-state index contributed by atoms with van der Waals surface area (Å²) in [5.74, 6) is 1.87. The summed E-state index contributed by atoms with van der Waals surface area (Å²) in [7, 11) is 0. The Morgan fingerprint density at radius 2 is 1.91 bits per heavy atom. The van der Waals surface area contributed by atoms with Gasteiger partial charge in [-0.25, -0.2) is 0 Å². The molecule has 0 aliphatic carbocycles. The summed E-state index contributed by atoms with van der Waals surface area (Å²) >= 11 is 0. The van der Waals surface area contributed by atoms with Crippen LogP contribution in [0.15, 0.2) is 4.52 Å². The maximum Gasteiger partial charge on any atom is 0.243 e. The molecule has 2 saturated heterocycles. The Morgan fingerprint density at radius 1 is 1.13 bits per heavy atom. The van der Waals surface area contributed by atoms with E-state index < -0.39 is 0 Å². The van der Waals surface area contributed by atoms with Crippen LogP contribution in [0.2, 0.25) is 0 Å². The van der Waals surface area contributed by atoms with Crippen LogP contribution in [0.4, 0.5) is 0 Å². The lowest BCUT2D eigenvalue weighted by Gasteiger charge is -2.38. The van der Waals surface area contributed by atoms with E-state index in [1.54, 1.807) is 0 Å². The fourth-order valence-corrected chi connectivity index (χ4v) is 3.38. The highest BCUT2D eigenvalue weighted by Crippen LogP contribution is 2.22. The fourth-order valence-electron chi connectivity index (χ4n) is 3.38. The Morgan fingerprint density at radius 3 is 2.52 bits per heavy atom. The summed E-state index contributed by atoms with van der Waals surface area (Å²) in [5.41, 5.74) is 0. The number of hydrogen-bond acceptors (Lipinski definition) is 6. The Labute approximate surface area is 139 Å². The van der Waals surface area contributed by atoms with Crippen molar-refractivity contribution in [3.63, 3.8) is 0 Å². The van der Waals surface area contributed by atoms with Gasteiger partial charge in [0.1, 0.15) is 0 Å². The van der Waals surface area contributed by atoms with Gasteiger partial charge in [-0.2, -0.15) is 4.98 Å². The van der Waals surface area contributed by atoms with Gasteiger partial charge in [0.25, 0.3) is 0 Å². The van der Waals surface area contributed by atoms with Gasteiger partial charge in [-0.3, -0.25) is 9.80 Å². The first-order valence-electron chi connectivity index (χ1n) is 9.05. The highest BCUT2D eigenvalue weighted by Gasteiger charge is 2.27. The van der Waals surface area contributed by atoms with Crippen LogP contribution in [-0.4, -0.2) is 65.4 Å². The molecule has 6 nitrogen and oxygen atoms in total. The summed E-state index contributed by atoms with van der Waals surface area (Å²) in [6, 6.07) is 0.197. The minimum absolute atomic E-state index is 0.197. The first-order chi connectivity index (χ1) is 11.1. The fraction of sp³-hybridized carbons (Fsp3) is 0.882. The largest absolute Gasteiger partial charge is 0.377 e. The van der Waals surface area contributed by atoms with Crippen LogP contribution in [0.3, 0.4) is 0 Å². The summed E-state index contributed by atoms with van der Waals surface area (Å²) in [5, 5.41) is 4.08. The van der Waals surface area contributed by atoms with Crippen LogP contribution in [-0.2, 0) is 4.74 Å². The van der Waals surface area contributed by atoms with Gasteiger partial charge in [-0.1, -0.05) is 19.0 Å². The van der Waals surface area contributed by atoms with Crippen LogP contribution in [0.1, 0.15) is 63.7 Å². The third kappa shape index (κ3) is 4.31. The van der Waals surface area contributed by atoms with E-state index in [-0.39, 0.29) is 6.04 Å². The van der Waals surface area contributed by atoms with Gasteiger partial charge in [-0.05, 0) is 26.2 Å². The summed E-state index contributed by atoms with van der Waals surface area (Å²) in [6.45, 7) is 12.6. The van der Waals surface area contributed by atoms with Gasteiger partial charge in [-0.15, -0.1) is 0 Å². The van der Waals surface area contributed by atoms with Crippen molar-refractivity contribution in [1.82, 2.24) is 19.9 Å². The molecule has 0 spiro atoms. The highest BCUT2D eigenvalue weighted by atomic mass is 16.5. The van der Waals surface area contributed by atoms with Gasteiger partial charge in [0.2, 0.25) is 5.89 Å². The minimum atomic E-state index is 0.197. The lowest BCUT2D eigenvalue weighted by atomic mass is 10.1. The molecule has 23 heavy (non-hydrogen) atoms. The topological polar surface area (TPSA) is 54.6 Å². The zero-order chi connectivity index (χ0) is 16.2. The number of piperazine rings is 1. The average molecular weight is 322 g/mol. The molecule has 0 amide bonds. The predicted octanol–water partition coefficient (Wildman–Crippen LogP) is 2.44. The molecule has 0 saturated carbocycles. The molecule has 130 valence electrons. The van der Waals surface area contributed by atoms with Gasteiger partial charge in [0, 0.05) is 45.2 Å². The second-order valence-electron chi connectivity index (χ2n) is 7.15. The molecule has 0 bridgehead atoms. The molecule has 0 aromatic carbocycles. The first-order valence-corrected chi connectivity index (χ1v) is 9.05. The van der Waals surface area contributed by atoms with E-state index in [0.29, 0.717) is 12.0 Å². The predicted molar refractivity (Wildman–Crippen MR) is 88.4 cm³/mol. The third-order valence-corrected chi connectivity index (χ3v) is 5.02. The number of aromatic nitrogens is 2. The Kier molecular flexibility index (Phi) is 5.67. The van der Waals surface area contributed by atoms with Crippen molar-refractivity contribution < 1.29 is 9.26 Å². The van der Waals surface area contributed by atoms with E-state index in [1.165, 1.54) is 19.3 Å². The molecule has 3 rings (SSSR count). The summed E-state index contributed by atoms with van der Waals surface area (Å²) in [6.07, 6.45) is 4.20. The Hall–Kier alpha value is -0.980. The second-order valence-corrected chi connectivity index (χ2v) is 7.15. The quantitative estimate of drug-likeness (QED) is 0.830. The maximum absolute atomic E-state index is 5.86. The molecular weight excluding hydrogens is 292 g/mol. The smallest absolute Gasteiger partial charge is 0.243 e. The lowest BCUT2D eigenvalue weighted by molar-refractivity contribution is -0.0175. The molecule has 0 N–H and O–H groups in total. The molecule has 3 heterocycles. The molecule has 2 aliphatic rings. The van der Waals surface area contributed by atoms with Gasteiger partial charge in [0.15, 0.2) is 5.82 Å². The molecule has 2 fully saturated rings. The number of rotatable bonds is 5. The first kappa shape index (κ1) is 16.9. The molecular formula is C17H30N4O2. The summed E-state index contributed by atoms with van der Waals surface area (Å²) in [4.78, 5) is 9.52. The van der Waals surface area contributed by atoms with Crippen molar-refractivity contribution in [2.45, 2.75) is 58.1 Å². The van der Waals surface area contributed by atoms with Crippen molar-refractivity contribution in [1.29, 1.82) is 0 Å². The normalized spacial score (nSPS) is 25.8.